The first kappa shape index (κ1) is 15.7. The Kier molecular flexibility index (Phi) is 9.65. The van der Waals surface area contributed by atoms with Crippen molar-refractivity contribution in [1.29, 1.82) is 0 Å². The van der Waals surface area contributed by atoms with E-state index in [0.717, 1.165) is 32.5 Å². The Morgan fingerprint density at radius 3 is 1.69 bits per heavy atom. The minimum atomic E-state index is -0.102. The molecule has 0 atom stereocenters. The molecule has 0 aliphatic carbocycles. The topological polar surface area (TPSA) is 18.5 Å². The van der Waals surface area contributed by atoms with E-state index in [1.165, 1.54) is 0 Å². The van der Waals surface area contributed by atoms with Gasteiger partial charge in [-0.05, 0) is 24.7 Å². The maximum Gasteiger partial charge on any atom is 0.160 e. The highest BCUT2D eigenvalue weighted by Crippen LogP contribution is 2.08. The van der Waals surface area contributed by atoms with Gasteiger partial charge in [0.05, 0.1) is 0 Å². The Labute approximate surface area is 101 Å². The van der Waals surface area contributed by atoms with Gasteiger partial charge in [0.25, 0.3) is 0 Å². The van der Waals surface area contributed by atoms with E-state index in [1.807, 2.05) is 6.08 Å². The van der Waals surface area contributed by atoms with Crippen molar-refractivity contribution in [1.82, 2.24) is 0 Å². The lowest BCUT2D eigenvalue weighted by atomic mass is 10.1. The van der Waals surface area contributed by atoms with Crippen LogP contribution in [0.15, 0.2) is 12.7 Å². The van der Waals surface area contributed by atoms with Gasteiger partial charge in [0.2, 0.25) is 0 Å². The normalized spacial score (nSPS) is 11.7. The van der Waals surface area contributed by atoms with Crippen LogP contribution in [0, 0.1) is 11.8 Å². The molecule has 0 aromatic rings. The summed E-state index contributed by atoms with van der Waals surface area (Å²) in [5.41, 5.74) is 0. The maximum atomic E-state index is 5.68. The van der Waals surface area contributed by atoms with Crippen LogP contribution in [0.25, 0.3) is 0 Å². The third kappa shape index (κ3) is 10.2. The summed E-state index contributed by atoms with van der Waals surface area (Å²) in [4.78, 5) is 0. The van der Waals surface area contributed by atoms with Crippen molar-refractivity contribution in [2.75, 3.05) is 13.2 Å². The van der Waals surface area contributed by atoms with Gasteiger partial charge < -0.3 is 9.47 Å². The van der Waals surface area contributed by atoms with Crippen LogP contribution in [0.5, 0.6) is 0 Å². The Morgan fingerprint density at radius 1 is 0.938 bits per heavy atom. The van der Waals surface area contributed by atoms with Crippen LogP contribution in [-0.4, -0.2) is 19.5 Å². The minimum Gasteiger partial charge on any atom is -0.352 e. The summed E-state index contributed by atoms with van der Waals surface area (Å²) >= 11 is 0. The second kappa shape index (κ2) is 9.86. The molecule has 0 unspecified atom stereocenters. The van der Waals surface area contributed by atoms with Crippen LogP contribution in [0.1, 0.15) is 47.0 Å². The van der Waals surface area contributed by atoms with Gasteiger partial charge in [0.15, 0.2) is 6.29 Å². The molecule has 0 bridgehead atoms. The molecule has 0 saturated heterocycles. The first-order valence-electron chi connectivity index (χ1n) is 6.40. The molecule has 0 rings (SSSR count). The van der Waals surface area contributed by atoms with Crippen molar-refractivity contribution in [3.63, 3.8) is 0 Å². The first-order chi connectivity index (χ1) is 7.56. The average Bonchev–Trinajstić information content (AvgIpc) is 2.16. The zero-order chi connectivity index (χ0) is 12.4. The molecule has 0 amide bonds. The van der Waals surface area contributed by atoms with Gasteiger partial charge in [-0.15, -0.1) is 6.58 Å². The largest absolute Gasteiger partial charge is 0.352 e. The number of ether oxygens (including phenoxy) is 2. The summed E-state index contributed by atoms with van der Waals surface area (Å²) in [6.07, 6.45) is 4.70. The summed E-state index contributed by atoms with van der Waals surface area (Å²) in [5, 5.41) is 0. The molecule has 2 heteroatoms. The number of hydrogen-bond donors (Lipinski definition) is 0. The molecule has 0 heterocycles. The lowest BCUT2D eigenvalue weighted by molar-refractivity contribution is -0.143. The smallest absolute Gasteiger partial charge is 0.160 e. The molecule has 0 aliphatic heterocycles. The van der Waals surface area contributed by atoms with E-state index < -0.39 is 0 Å². The highest BCUT2D eigenvalue weighted by atomic mass is 16.7. The summed E-state index contributed by atoms with van der Waals surface area (Å²) in [6.45, 7) is 14.1. The number of hydrogen-bond acceptors (Lipinski definition) is 2. The first-order valence-corrected chi connectivity index (χ1v) is 6.40. The third-order valence-corrected chi connectivity index (χ3v) is 2.36. The molecule has 16 heavy (non-hydrogen) atoms. The highest BCUT2D eigenvalue weighted by Gasteiger charge is 2.08. The van der Waals surface area contributed by atoms with Gasteiger partial charge in [-0.25, -0.2) is 0 Å². The Hall–Kier alpha value is -0.340. The van der Waals surface area contributed by atoms with Crippen LogP contribution in [-0.2, 0) is 9.47 Å². The van der Waals surface area contributed by atoms with E-state index >= 15 is 0 Å². The van der Waals surface area contributed by atoms with E-state index in [0.29, 0.717) is 11.8 Å². The quantitative estimate of drug-likeness (QED) is 0.415. The van der Waals surface area contributed by atoms with Crippen LogP contribution in [0.3, 0.4) is 0 Å². The summed E-state index contributed by atoms with van der Waals surface area (Å²) in [5.74, 6) is 1.36. The van der Waals surface area contributed by atoms with E-state index in [1.54, 1.807) is 0 Å². The third-order valence-electron chi connectivity index (χ3n) is 2.36. The molecular formula is C14H28O2. The van der Waals surface area contributed by atoms with Crippen LogP contribution in [0.2, 0.25) is 0 Å². The maximum absolute atomic E-state index is 5.68. The molecule has 0 saturated carbocycles. The van der Waals surface area contributed by atoms with Crippen molar-refractivity contribution in [2.45, 2.75) is 53.2 Å². The van der Waals surface area contributed by atoms with E-state index in [2.05, 4.69) is 34.3 Å². The molecule has 0 spiro atoms. The van der Waals surface area contributed by atoms with Gasteiger partial charge in [-0.2, -0.15) is 0 Å². The van der Waals surface area contributed by atoms with Crippen molar-refractivity contribution >= 4 is 0 Å². The van der Waals surface area contributed by atoms with Crippen molar-refractivity contribution < 1.29 is 9.47 Å². The predicted octanol–water partition coefficient (Wildman–Crippen LogP) is 4.01. The second-order valence-electron chi connectivity index (χ2n) is 5.06. The Bertz CT molecular complexity index is 150. The summed E-state index contributed by atoms with van der Waals surface area (Å²) in [6, 6.07) is 0. The fourth-order valence-corrected chi connectivity index (χ4v) is 1.19. The van der Waals surface area contributed by atoms with Gasteiger partial charge >= 0.3 is 0 Å². The van der Waals surface area contributed by atoms with Crippen LogP contribution in [0.4, 0.5) is 0 Å². The molecular weight excluding hydrogens is 200 g/mol. The minimum absolute atomic E-state index is 0.102. The lowest BCUT2D eigenvalue weighted by Crippen LogP contribution is -2.19. The summed E-state index contributed by atoms with van der Waals surface area (Å²) in [7, 11) is 0. The van der Waals surface area contributed by atoms with E-state index in [-0.39, 0.29) is 6.29 Å². The standard InChI is InChI=1S/C14H28O2/c1-6-7-14(15-10-8-12(2)3)16-11-9-13(4)5/h6,12-14H,1,7-11H2,2-5H3. The fourth-order valence-electron chi connectivity index (χ4n) is 1.19. The van der Waals surface area contributed by atoms with Crippen molar-refractivity contribution in [3.05, 3.63) is 12.7 Å². The Morgan fingerprint density at radius 2 is 1.38 bits per heavy atom. The van der Waals surface area contributed by atoms with Crippen LogP contribution < -0.4 is 0 Å². The number of rotatable bonds is 10. The Balaban J connectivity index is 3.65. The fraction of sp³-hybridized carbons (Fsp3) is 0.857. The van der Waals surface area contributed by atoms with Gasteiger partial charge in [-0.1, -0.05) is 33.8 Å². The second-order valence-corrected chi connectivity index (χ2v) is 5.06. The zero-order valence-corrected chi connectivity index (χ0v) is 11.4. The van der Waals surface area contributed by atoms with E-state index in [9.17, 15) is 0 Å². The zero-order valence-electron chi connectivity index (χ0n) is 11.4. The SMILES string of the molecule is C=CCC(OCCC(C)C)OCCC(C)C. The van der Waals surface area contributed by atoms with Gasteiger partial charge in [-0.3, -0.25) is 0 Å². The van der Waals surface area contributed by atoms with Crippen molar-refractivity contribution in [3.8, 4) is 0 Å². The van der Waals surface area contributed by atoms with Crippen molar-refractivity contribution in [2.24, 2.45) is 11.8 Å². The molecule has 0 N–H and O–H groups in total. The van der Waals surface area contributed by atoms with Gasteiger partial charge in [0, 0.05) is 19.6 Å². The predicted molar refractivity (Wildman–Crippen MR) is 69.4 cm³/mol. The summed E-state index contributed by atoms with van der Waals surface area (Å²) < 4.78 is 11.4. The monoisotopic (exact) mass is 228 g/mol. The molecule has 2 nitrogen and oxygen atoms in total. The molecule has 0 fully saturated rings. The average molecular weight is 228 g/mol. The molecule has 0 aromatic heterocycles. The highest BCUT2D eigenvalue weighted by molar-refractivity contribution is 4.68. The van der Waals surface area contributed by atoms with Gasteiger partial charge in [0.1, 0.15) is 0 Å². The molecule has 0 radical (unpaired) electrons. The molecule has 0 aromatic carbocycles. The molecule has 0 aliphatic rings. The van der Waals surface area contributed by atoms with E-state index in [4.69, 9.17) is 9.47 Å². The molecule has 96 valence electrons. The van der Waals surface area contributed by atoms with Crippen LogP contribution >= 0.6 is 0 Å². The lowest BCUT2D eigenvalue weighted by Gasteiger charge is -2.18.